The quantitative estimate of drug-likeness (QED) is 0.649. The first-order valence-corrected chi connectivity index (χ1v) is 7.64. The Hall–Kier alpha value is -1.05. The van der Waals surface area contributed by atoms with Crippen molar-refractivity contribution in [2.75, 3.05) is 12.3 Å². The molecule has 2 rings (SSSR count). The summed E-state index contributed by atoms with van der Waals surface area (Å²) < 4.78 is 26.7. The van der Waals surface area contributed by atoms with Crippen LogP contribution < -0.4 is 5.73 Å². The van der Waals surface area contributed by atoms with Gasteiger partial charge in [-0.3, -0.25) is 0 Å². The fourth-order valence-electron chi connectivity index (χ4n) is 1.54. The molecule has 0 spiro atoms. The molecule has 1 aromatic carbocycles. The molecule has 3 nitrogen and oxygen atoms in total. The Balaban J connectivity index is 2.40. The van der Waals surface area contributed by atoms with Gasteiger partial charge in [-0.1, -0.05) is 39.8 Å². The second-order valence-corrected chi connectivity index (χ2v) is 5.88. The Morgan fingerprint density at radius 2 is 1.90 bits per heavy atom. The van der Waals surface area contributed by atoms with Crippen LogP contribution in [0.3, 0.4) is 0 Å². The molecule has 1 heterocycles. The zero-order chi connectivity index (χ0) is 14.5. The molecule has 0 atom stereocenters. The molecule has 0 bridgehead atoms. The lowest BCUT2D eigenvalue weighted by molar-refractivity contribution is 0.145. The number of benzene rings is 1. The lowest BCUT2D eigenvalue weighted by Gasteiger charge is -2.07. The highest BCUT2D eigenvalue weighted by molar-refractivity contribution is 9.10. The minimum absolute atomic E-state index is 0.266. The van der Waals surface area contributed by atoms with Crippen LogP contribution in [-0.2, 0) is 0 Å². The molecule has 0 radical (unpaired) electrons. The zero-order valence-electron chi connectivity index (χ0n) is 10.4. The minimum atomic E-state index is -2.62. The van der Waals surface area contributed by atoms with E-state index in [0.29, 0.717) is 23.1 Å². The van der Waals surface area contributed by atoms with Crippen molar-refractivity contribution in [3.63, 3.8) is 0 Å². The van der Waals surface area contributed by atoms with Gasteiger partial charge in [0, 0.05) is 22.3 Å². The van der Waals surface area contributed by atoms with Gasteiger partial charge in [-0.25, -0.2) is 18.7 Å². The van der Waals surface area contributed by atoms with Crippen molar-refractivity contribution in [2.45, 2.75) is 11.6 Å². The molecular formula is C13H12BrF2N3S. The number of alkyl halides is 2. The third kappa shape index (κ3) is 3.97. The van der Waals surface area contributed by atoms with E-state index in [1.807, 2.05) is 24.3 Å². The van der Waals surface area contributed by atoms with Crippen molar-refractivity contribution in [1.82, 2.24) is 9.97 Å². The summed E-state index contributed by atoms with van der Waals surface area (Å²) in [6.07, 6.45) is -2.62. The molecule has 0 saturated heterocycles. The van der Waals surface area contributed by atoms with Crippen LogP contribution in [0.15, 0.2) is 40.0 Å². The molecule has 0 amide bonds. The zero-order valence-corrected chi connectivity index (χ0v) is 12.8. The number of halogens is 3. The average molecular weight is 360 g/mol. The minimum Gasteiger partial charge on any atom is -0.330 e. The smallest absolute Gasteiger partial charge is 0.280 e. The van der Waals surface area contributed by atoms with Crippen molar-refractivity contribution in [3.05, 3.63) is 40.5 Å². The first-order chi connectivity index (χ1) is 9.60. The molecule has 0 aliphatic heterocycles. The van der Waals surface area contributed by atoms with Crippen molar-refractivity contribution in [2.24, 2.45) is 5.73 Å². The Morgan fingerprint density at radius 3 is 2.50 bits per heavy atom. The van der Waals surface area contributed by atoms with Gasteiger partial charge >= 0.3 is 0 Å². The van der Waals surface area contributed by atoms with E-state index in [-0.39, 0.29) is 5.69 Å². The summed E-state index contributed by atoms with van der Waals surface area (Å²) in [4.78, 5) is 8.15. The number of rotatable bonds is 5. The summed E-state index contributed by atoms with van der Waals surface area (Å²) in [5, 5.41) is 0.325. The first-order valence-electron chi connectivity index (χ1n) is 5.86. The lowest BCUT2D eigenvalue weighted by Crippen LogP contribution is -2.03. The van der Waals surface area contributed by atoms with E-state index < -0.39 is 6.43 Å². The number of nitrogens with zero attached hydrogens (tertiary/aromatic N) is 2. The van der Waals surface area contributed by atoms with Crippen LogP contribution in [0, 0.1) is 0 Å². The van der Waals surface area contributed by atoms with Crippen LogP contribution in [-0.4, -0.2) is 22.3 Å². The molecule has 1 aromatic heterocycles. The average Bonchev–Trinajstić information content (AvgIpc) is 2.45. The standard InChI is InChI=1S/C13H12BrF2N3S/c14-9-3-1-8(2-4-9)10-7-11(12(15)16)19-13(18-10)20-6-5-17/h1-4,7,12H,5-6,17H2. The van der Waals surface area contributed by atoms with Gasteiger partial charge in [-0.2, -0.15) is 0 Å². The number of thioether (sulfide) groups is 1. The molecule has 7 heteroatoms. The summed E-state index contributed by atoms with van der Waals surface area (Å²) in [6.45, 7) is 0.445. The van der Waals surface area contributed by atoms with Gasteiger partial charge in [0.15, 0.2) is 5.16 Å². The molecule has 2 aromatic rings. The maximum atomic E-state index is 12.9. The van der Waals surface area contributed by atoms with E-state index in [9.17, 15) is 8.78 Å². The topological polar surface area (TPSA) is 51.8 Å². The number of aromatic nitrogens is 2. The van der Waals surface area contributed by atoms with Crippen molar-refractivity contribution >= 4 is 27.7 Å². The highest BCUT2D eigenvalue weighted by Crippen LogP contribution is 2.27. The largest absolute Gasteiger partial charge is 0.330 e. The third-order valence-corrected chi connectivity index (χ3v) is 3.85. The molecule has 0 aliphatic carbocycles. The summed E-state index contributed by atoms with van der Waals surface area (Å²) in [5.41, 5.74) is 6.40. The predicted octanol–water partition coefficient (Wildman–Crippen LogP) is 3.89. The van der Waals surface area contributed by atoms with Crippen LogP contribution in [0.25, 0.3) is 11.3 Å². The van der Waals surface area contributed by atoms with E-state index in [0.717, 1.165) is 10.0 Å². The Labute approximate surface area is 128 Å². The molecule has 0 unspecified atom stereocenters. The van der Waals surface area contributed by atoms with Gasteiger partial charge < -0.3 is 5.73 Å². The van der Waals surface area contributed by atoms with Gasteiger partial charge in [0.2, 0.25) is 0 Å². The predicted molar refractivity (Wildman–Crippen MR) is 79.9 cm³/mol. The monoisotopic (exact) mass is 359 g/mol. The molecule has 106 valence electrons. The number of hydrogen-bond acceptors (Lipinski definition) is 4. The molecular weight excluding hydrogens is 348 g/mol. The molecule has 0 aliphatic rings. The third-order valence-electron chi connectivity index (χ3n) is 2.44. The maximum absolute atomic E-state index is 12.9. The van der Waals surface area contributed by atoms with Crippen molar-refractivity contribution < 1.29 is 8.78 Å². The second kappa shape index (κ2) is 7.10. The summed E-state index contributed by atoms with van der Waals surface area (Å²) in [7, 11) is 0. The van der Waals surface area contributed by atoms with Crippen LogP contribution in [0.2, 0.25) is 0 Å². The van der Waals surface area contributed by atoms with Crippen molar-refractivity contribution in [3.8, 4) is 11.3 Å². The van der Waals surface area contributed by atoms with E-state index in [4.69, 9.17) is 5.73 Å². The Kier molecular flexibility index (Phi) is 5.45. The lowest BCUT2D eigenvalue weighted by atomic mass is 10.1. The van der Waals surface area contributed by atoms with Crippen molar-refractivity contribution in [1.29, 1.82) is 0 Å². The second-order valence-electron chi connectivity index (χ2n) is 3.91. The summed E-state index contributed by atoms with van der Waals surface area (Å²) >= 11 is 4.61. The fourth-order valence-corrected chi connectivity index (χ4v) is 2.44. The van der Waals surface area contributed by atoms with Crippen LogP contribution >= 0.6 is 27.7 Å². The Bertz CT molecular complexity index is 578. The molecule has 2 N–H and O–H groups in total. The van der Waals surface area contributed by atoms with Gasteiger partial charge in [0.25, 0.3) is 6.43 Å². The van der Waals surface area contributed by atoms with Crippen LogP contribution in [0.4, 0.5) is 8.78 Å². The number of hydrogen-bond donors (Lipinski definition) is 1. The van der Waals surface area contributed by atoms with E-state index in [1.54, 1.807) is 0 Å². The molecule has 0 fully saturated rings. The summed E-state index contributed by atoms with van der Waals surface area (Å²) in [6, 6.07) is 8.64. The fraction of sp³-hybridized carbons (Fsp3) is 0.231. The number of nitrogens with two attached hydrogens (primary N) is 1. The summed E-state index contributed by atoms with van der Waals surface area (Å²) in [5.74, 6) is 0.590. The van der Waals surface area contributed by atoms with Crippen LogP contribution in [0.5, 0.6) is 0 Å². The SMILES string of the molecule is NCCSc1nc(-c2ccc(Br)cc2)cc(C(F)F)n1. The van der Waals surface area contributed by atoms with E-state index >= 15 is 0 Å². The van der Waals surface area contributed by atoms with E-state index in [1.165, 1.54) is 17.8 Å². The van der Waals surface area contributed by atoms with Crippen LogP contribution in [0.1, 0.15) is 12.1 Å². The maximum Gasteiger partial charge on any atom is 0.280 e. The van der Waals surface area contributed by atoms with Gasteiger partial charge in [0.05, 0.1) is 5.69 Å². The van der Waals surface area contributed by atoms with Gasteiger partial charge in [-0.05, 0) is 18.2 Å². The first kappa shape index (κ1) is 15.3. The molecule has 0 saturated carbocycles. The van der Waals surface area contributed by atoms with Gasteiger partial charge in [-0.15, -0.1) is 0 Å². The van der Waals surface area contributed by atoms with Gasteiger partial charge in [0.1, 0.15) is 5.69 Å². The normalized spacial score (nSPS) is 11.1. The molecule has 20 heavy (non-hydrogen) atoms. The highest BCUT2D eigenvalue weighted by atomic mass is 79.9. The Morgan fingerprint density at radius 1 is 1.20 bits per heavy atom. The van der Waals surface area contributed by atoms with E-state index in [2.05, 4.69) is 25.9 Å². The highest BCUT2D eigenvalue weighted by Gasteiger charge is 2.14.